The zero-order chi connectivity index (χ0) is 25.1. The minimum Gasteiger partial charge on any atom is -0.264 e. The van der Waals surface area contributed by atoms with Crippen LogP contribution in [-0.4, -0.2) is 4.98 Å². The lowest BCUT2D eigenvalue weighted by atomic mass is 9.97. The molecule has 36 heavy (non-hydrogen) atoms. The van der Waals surface area contributed by atoms with E-state index in [0.29, 0.717) is 6.54 Å². The summed E-state index contributed by atoms with van der Waals surface area (Å²) in [4.78, 5) is 4.10. The molecule has 2 aromatic carbocycles. The highest BCUT2D eigenvalue weighted by Crippen LogP contribution is 2.27. The number of hydrogen-bond donors (Lipinski definition) is 0. The first-order valence-electron chi connectivity index (χ1n) is 12.0. The van der Waals surface area contributed by atoms with Gasteiger partial charge in [0.05, 0.1) is 11.6 Å². The molecule has 4 heteroatoms. The van der Waals surface area contributed by atoms with E-state index in [9.17, 15) is 5.26 Å². The predicted octanol–water partition coefficient (Wildman–Crippen LogP) is 5.83. The topological polar surface area (TPSA) is 44.4 Å². The van der Waals surface area contributed by atoms with Crippen LogP contribution in [0, 0.1) is 32.1 Å². The molecular formula is C32H28N4+2. The summed E-state index contributed by atoms with van der Waals surface area (Å²) in [5.74, 6) is 0. The van der Waals surface area contributed by atoms with E-state index in [4.69, 9.17) is 0 Å². The molecule has 5 aromatic rings. The Morgan fingerprint density at radius 2 is 1.39 bits per heavy atom. The van der Waals surface area contributed by atoms with E-state index in [2.05, 4.69) is 101 Å². The summed E-state index contributed by atoms with van der Waals surface area (Å²) >= 11 is 0. The van der Waals surface area contributed by atoms with Gasteiger partial charge in [-0.3, -0.25) is 4.98 Å². The van der Waals surface area contributed by atoms with Crippen molar-refractivity contribution in [3.8, 4) is 34.0 Å². The van der Waals surface area contributed by atoms with Gasteiger partial charge in [0, 0.05) is 53.3 Å². The van der Waals surface area contributed by atoms with Gasteiger partial charge in [0.25, 0.3) is 0 Å². The van der Waals surface area contributed by atoms with Crippen LogP contribution in [0.15, 0.2) is 104 Å². The fraction of sp³-hybridized carbons (Fsp3) is 0.125. The molecule has 0 bridgehead atoms. The van der Waals surface area contributed by atoms with Crippen LogP contribution in [-0.2, 0) is 6.54 Å². The molecule has 0 aliphatic heterocycles. The Hall–Kier alpha value is -4.62. The quantitative estimate of drug-likeness (QED) is 0.305. The third kappa shape index (κ3) is 4.78. The molecule has 0 aliphatic carbocycles. The first-order chi connectivity index (χ1) is 17.5. The van der Waals surface area contributed by atoms with Gasteiger partial charge in [-0.1, -0.05) is 36.4 Å². The van der Waals surface area contributed by atoms with E-state index in [1.54, 1.807) is 0 Å². The summed E-state index contributed by atoms with van der Waals surface area (Å²) in [6.07, 6.45) is 12.1. The van der Waals surface area contributed by atoms with Crippen LogP contribution < -0.4 is 9.13 Å². The molecule has 4 nitrogen and oxygen atoms in total. The average molecular weight is 469 g/mol. The smallest absolute Gasteiger partial charge is 0.213 e. The van der Waals surface area contributed by atoms with Gasteiger partial charge in [-0.05, 0) is 54.7 Å². The fourth-order valence-corrected chi connectivity index (χ4v) is 4.65. The number of hydrogen-bond acceptors (Lipinski definition) is 2. The molecule has 0 spiro atoms. The van der Waals surface area contributed by atoms with Crippen molar-refractivity contribution >= 4 is 0 Å². The van der Waals surface area contributed by atoms with E-state index in [1.807, 2.05) is 43.6 Å². The molecule has 3 heterocycles. The molecule has 174 valence electrons. The van der Waals surface area contributed by atoms with Gasteiger partial charge in [0.15, 0.2) is 31.3 Å². The number of nitrogens with zero attached hydrogens (tertiary/aromatic N) is 4. The van der Waals surface area contributed by atoms with Crippen LogP contribution in [0.3, 0.4) is 0 Å². The molecule has 3 aromatic heterocycles. The van der Waals surface area contributed by atoms with Gasteiger partial charge in [-0.2, -0.15) is 9.83 Å². The van der Waals surface area contributed by atoms with Crippen molar-refractivity contribution in [2.24, 2.45) is 0 Å². The summed E-state index contributed by atoms with van der Waals surface area (Å²) in [5, 5.41) is 9.49. The number of aryl methyl sites for hydroxylation is 3. The maximum Gasteiger partial charge on any atom is 0.213 e. The second kappa shape index (κ2) is 9.93. The zero-order valence-corrected chi connectivity index (χ0v) is 20.8. The van der Waals surface area contributed by atoms with Crippen molar-refractivity contribution in [1.82, 2.24) is 4.98 Å². The molecular weight excluding hydrogens is 440 g/mol. The van der Waals surface area contributed by atoms with Gasteiger partial charge in [-0.15, -0.1) is 0 Å². The fourth-order valence-electron chi connectivity index (χ4n) is 4.65. The molecule has 5 rings (SSSR count). The number of pyridine rings is 3. The molecule has 0 radical (unpaired) electrons. The minimum atomic E-state index is 0.677. The monoisotopic (exact) mass is 468 g/mol. The summed E-state index contributed by atoms with van der Waals surface area (Å²) in [6.45, 7) is 6.97. The normalized spacial score (nSPS) is 10.7. The molecule has 0 saturated heterocycles. The van der Waals surface area contributed by atoms with Crippen LogP contribution in [0.1, 0.15) is 27.8 Å². The largest absolute Gasteiger partial charge is 0.264 e. The van der Waals surface area contributed by atoms with Crippen LogP contribution in [0.2, 0.25) is 0 Å². The SMILES string of the molecule is Cc1ccc(C[n+]2ccc(-c3ccc(-c4cc[n+](-c5ccncc5)cc4C)cc3)c(C)c2)c(C#N)c1. The lowest BCUT2D eigenvalue weighted by molar-refractivity contribution is -0.688. The zero-order valence-electron chi connectivity index (χ0n) is 20.8. The van der Waals surface area contributed by atoms with Crippen LogP contribution in [0.5, 0.6) is 0 Å². The van der Waals surface area contributed by atoms with E-state index in [1.165, 1.54) is 33.4 Å². The van der Waals surface area contributed by atoms with Gasteiger partial charge in [0.1, 0.15) is 0 Å². The Morgan fingerprint density at radius 1 is 0.750 bits per heavy atom. The van der Waals surface area contributed by atoms with E-state index >= 15 is 0 Å². The summed E-state index contributed by atoms with van der Waals surface area (Å²) in [5.41, 5.74) is 11.2. The van der Waals surface area contributed by atoms with Crippen molar-refractivity contribution in [1.29, 1.82) is 5.26 Å². The third-order valence-corrected chi connectivity index (χ3v) is 6.58. The Kier molecular flexibility index (Phi) is 6.38. The third-order valence-electron chi connectivity index (χ3n) is 6.58. The average Bonchev–Trinajstić information content (AvgIpc) is 2.90. The van der Waals surface area contributed by atoms with Crippen molar-refractivity contribution < 1.29 is 9.13 Å². The van der Waals surface area contributed by atoms with Gasteiger partial charge < -0.3 is 0 Å². The van der Waals surface area contributed by atoms with Crippen LogP contribution in [0.25, 0.3) is 27.9 Å². The summed E-state index contributed by atoms with van der Waals surface area (Å²) in [7, 11) is 0. The van der Waals surface area contributed by atoms with Gasteiger partial charge >= 0.3 is 0 Å². The van der Waals surface area contributed by atoms with E-state index in [0.717, 1.165) is 22.4 Å². The highest BCUT2D eigenvalue weighted by Gasteiger charge is 2.13. The Morgan fingerprint density at radius 3 is 2.00 bits per heavy atom. The first-order valence-corrected chi connectivity index (χ1v) is 12.0. The molecule has 0 unspecified atom stereocenters. The van der Waals surface area contributed by atoms with Gasteiger partial charge in [0.2, 0.25) is 5.69 Å². The first kappa shape index (κ1) is 23.1. The maximum absolute atomic E-state index is 9.49. The molecule has 0 fully saturated rings. The van der Waals surface area contributed by atoms with Crippen molar-refractivity contribution in [2.75, 3.05) is 0 Å². The number of aromatic nitrogens is 3. The Balaban J connectivity index is 1.37. The van der Waals surface area contributed by atoms with E-state index in [-0.39, 0.29) is 0 Å². The van der Waals surface area contributed by atoms with Crippen LogP contribution in [0.4, 0.5) is 0 Å². The summed E-state index contributed by atoms with van der Waals surface area (Å²) < 4.78 is 4.26. The van der Waals surface area contributed by atoms with Crippen molar-refractivity contribution in [3.63, 3.8) is 0 Å². The van der Waals surface area contributed by atoms with Gasteiger partial charge in [-0.25, -0.2) is 4.57 Å². The second-order valence-electron chi connectivity index (χ2n) is 9.22. The van der Waals surface area contributed by atoms with E-state index < -0.39 is 0 Å². The number of nitriles is 1. The molecule has 0 amide bonds. The molecule has 0 saturated carbocycles. The Labute approximate surface area is 212 Å². The summed E-state index contributed by atoms with van der Waals surface area (Å²) in [6, 6.07) is 25.5. The number of benzene rings is 2. The second-order valence-corrected chi connectivity index (χ2v) is 9.22. The highest BCUT2D eigenvalue weighted by molar-refractivity contribution is 5.72. The van der Waals surface area contributed by atoms with Crippen LogP contribution >= 0.6 is 0 Å². The minimum absolute atomic E-state index is 0.677. The lowest BCUT2D eigenvalue weighted by Gasteiger charge is -2.09. The molecule has 0 N–H and O–H groups in total. The van der Waals surface area contributed by atoms with Crippen molar-refractivity contribution in [2.45, 2.75) is 27.3 Å². The lowest BCUT2D eigenvalue weighted by Crippen LogP contribution is -2.34. The standard InChI is InChI=1S/C32H28N4/c1-23-4-5-28(29(18-23)19-33)22-35-16-12-31(24(2)20-35)26-6-8-27(9-7-26)32-13-17-36(21-25(32)3)30-10-14-34-15-11-30/h4-18,20-21H,22H2,1-3H3/q+2. The highest BCUT2D eigenvalue weighted by atomic mass is 14.9. The molecule has 0 aliphatic rings. The molecule has 0 atom stereocenters. The predicted molar refractivity (Wildman–Crippen MR) is 141 cm³/mol. The van der Waals surface area contributed by atoms with Crippen molar-refractivity contribution in [3.05, 3.63) is 132 Å². The Bertz CT molecular complexity index is 1580. The number of rotatable bonds is 5. The maximum atomic E-state index is 9.49.